The monoisotopic (exact) mass is 340 g/mol. The van der Waals surface area contributed by atoms with Gasteiger partial charge in [-0.25, -0.2) is 8.42 Å². The van der Waals surface area contributed by atoms with Crippen molar-refractivity contribution in [2.24, 2.45) is 0 Å². The van der Waals surface area contributed by atoms with Crippen LogP contribution in [0.15, 0.2) is 47.6 Å². The SMILES string of the molecule is O=C(NNS(=O)(=O)c1ccc(F)c([N+](=O)[O-])c1)c1ccncc1. The van der Waals surface area contributed by atoms with E-state index in [1.807, 2.05) is 5.43 Å². The molecule has 2 aromatic rings. The number of nitrogens with one attached hydrogen (secondary N) is 2. The zero-order chi connectivity index (χ0) is 17.0. The molecule has 0 unspecified atom stereocenters. The number of amides is 1. The smallest absolute Gasteiger partial charge is 0.273 e. The summed E-state index contributed by atoms with van der Waals surface area (Å²) in [6.07, 6.45) is 2.68. The number of aromatic nitrogens is 1. The molecular weight excluding hydrogens is 331 g/mol. The standard InChI is InChI=1S/C12H9FN4O5S/c13-10-2-1-9(7-11(10)17(19)20)23(21,22)16-15-12(18)8-3-5-14-6-4-8/h1-7,16H,(H,15,18). The van der Waals surface area contributed by atoms with E-state index in [1.165, 1.54) is 24.5 Å². The van der Waals surface area contributed by atoms with E-state index >= 15 is 0 Å². The molecule has 0 aliphatic rings. The number of pyridine rings is 1. The third-order valence-corrected chi connectivity index (χ3v) is 3.91. The molecule has 1 aromatic heterocycles. The van der Waals surface area contributed by atoms with E-state index in [2.05, 4.69) is 4.98 Å². The fourth-order valence-electron chi connectivity index (χ4n) is 1.55. The van der Waals surface area contributed by atoms with Gasteiger partial charge in [-0.3, -0.25) is 25.3 Å². The summed E-state index contributed by atoms with van der Waals surface area (Å²) in [6, 6.07) is 4.75. The van der Waals surface area contributed by atoms with Gasteiger partial charge in [-0.1, -0.05) is 0 Å². The van der Waals surface area contributed by atoms with Crippen molar-refractivity contribution in [2.45, 2.75) is 4.90 Å². The highest BCUT2D eigenvalue weighted by molar-refractivity contribution is 7.89. The Morgan fingerprint density at radius 2 is 1.87 bits per heavy atom. The predicted octanol–water partition coefficient (Wildman–Crippen LogP) is 0.752. The minimum atomic E-state index is -4.30. The molecule has 1 heterocycles. The van der Waals surface area contributed by atoms with Crippen molar-refractivity contribution in [2.75, 3.05) is 0 Å². The number of benzene rings is 1. The molecule has 2 N–H and O–H groups in total. The zero-order valence-electron chi connectivity index (χ0n) is 11.3. The van der Waals surface area contributed by atoms with Crippen LogP contribution in [0.5, 0.6) is 0 Å². The molecule has 23 heavy (non-hydrogen) atoms. The number of hydrazine groups is 1. The van der Waals surface area contributed by atoms with Crippen molar-refractivity contribution in [1.82, 2.24) is 15.2 Å². The lowest BCUT2D eigenvalue weighted by molar-refractivity contribution is -0.387. The van der Waals surface area contributed by atoms with E-state index in [0.717, 1.165) is 6.07 Å². The van der Waals surface area contributed by atoms with Gasteiger partial charge in [-0.2, -0.15) is 4.39 Å². The first-order chi connectivity index (χ1) is 10.8. The van der Waals surface area contributed by atoms with Crippen LogP contribution in [-0.2, 0) is 10.0 Å². The normalized spacial score (nSPS) is 11.0. The number of nitro benzene ring substituents is 1. The topological polar surface area (TPSA) is 131 Å². The molecular formula is C12H9FN4O5S. The summed E-state index contributed by atoms with van der Waals surface area (Å²) in [7, 11) is -4.30. The third kappa shape index (κ3) is 3.84. The minimum absolute atomic E-state index is 0.146. The average molecular weight is 340 g/mol. The van der Waals surface area contributed by atoms with Crippen molar-refractivity contribution < 1.29 is 22.5 Å². The van der Waals surface area contributed by atoms with E-state index in [-0.39, 0.29) is 5.56 Å². The summed E-state index contributed by atoms with van der Waals surface area (Å²) >= 11 is 0. The van der Waals surface area contributed by atoms with Gasteiger partial charge >= 0.3 is 5.69 Å². The molecule has 0 bridgehead atoms. The van der Waals surface area contributed by atoms with E-state index in [0.29, 0.717) is 12.1 Å². The zero-order valence-corrected chi connectivity index (χ0v) is 12.1. The fourth-order valence-corrected chi connectivity index (χ4v) is 2.41. The highest BCUT2D eigenvalue weighted by Crippen LogP contribution is 2.21. The number of nitrogens with zero attached hydrogens (tertiary/aromatic N) is 2. The molecule has 2 rings (SSSR count). The number of halogens is 1. The maximum absolute atomic E-state index is 13.2. The van der Waals surface area contributed by atoms with Gasteiger partial charge in [0.25, 0.3) is 15.9 Å². The number of carbonyl (C=O) groups is 1. The van der Waals surface area contributed by atoms with Crippen LogP contribution in [0.2, 0.25) is 0 Å². The Bertz CT molecular complexity index is 857. The number of carbonyl (C=O) groups excluding carboxylic acids is 1. The molecule has 0 spiro atoms. The molecule has 9 nitrogen and oxygen atoms in total. The van der Waals surface area contributed by atoms with E-state index in [1.54, 1.807) is 4.83 Å². The van der Waals surface area contributed by atoms with E-state index in [9.17, 15) is 27.7 Å². The summed E-state index contributed by atoms with van der Waals surface area (Å²) in [6.45, 7) is 0. The number of hydrogen-bond acceptors (Lipinski definition) is 6. The first kappa shape index (κ1) is 16.5. The lowest BCUT2D eigenvalue weighted by Crippen LogP contribution is -2.41. The van der Waals surface area contributed by atoms with Crippen LogP contribution in [0.1, 0.15) is 10.4 Å². The Morgan fingerprint density at radius 3 is 2.48 bits per heavy atom. The number of hydrogen-bond donors (Lipinski definition) is 2. The van der Waals surface area contributed by atoms with Crippen LogP contribution in [0.3, 0.4) is 0 Å². The van der Waals surface area contributed by atoms with Crippen molar-refractivity contribution in [3.63, 3.8) is 0 Å². The molecule has 1 amide bonds. The highest BCUT2D eigenvalue weighted by atomic mass is 32.2. The van der Waals surface area contributed by atoms with Crippen molar-refractivity contribution in [3.8, 4) is 0 Å². The Morgan fingerprint density at radius 1 is 1.22 bits per heavy atom. The molecule has 0 fully saturated rings. The quantitative estimate of drug-likeness (QED) is 0.610. The molecule has 0 saturated heterocycles. The van der Waals surface area contributed by atoms with E-state index in [4.69, 9.17) is 0 Å². The van der Waals surface area contributed by atoms with Gasteiger partial charge in [-0.15, -0.1) is 4.83 Å². The summed E-state index contributed by atoms with van der Waals surface area (Å²) in [5.41, 5.74) is 1.09. The molecule has 0 saturated carbocycles. The molecule has 0 aliphatic heterocycles. The van der Waals surface area contributed by atoms with Gasteiger partial charge in [0.15, 0.2) is 0 Å². The maximum Gasteiger partial charge on any atom is 0.306 e. The summed E-state index contributed by atoms with van der Waals surface area (Å²) in [4.78, 5) is 26.2. The Hall–Kier alpha value is -2.92. The van der Waals surface area contributed by atoms with Gasteiger partial charge in [0.2, 0.25) is 5.82 Å². The van der Waals surface area contributed by atoms with Crippen molar-refractivity contribution >= 4 is 21.6 Å². The summed E-state index contributed by atoms with van der Waals surface area (Å²) < 4.78 is 37.2. The van der Waals surface area contributed by atoms with Crippen LogP contribution < -0.4 is 10.3 Å². The molecule has 11 heteroatoms. The number of sulfonamides is 1. The average Bonchev–Trinajstić information content (AvgIpc) is 2.53. The third-order valence-electron chi connectivity index (χ3n) is 2.67. The Labute approximate surface area is 129 Å². The first-order valence-corrected chi connectivity index (χ1v) is 7.46. The highest BCUT2D eigenvalue weighted by Gasteiger charge is 2.22. The van der Waals surface area contributed by atoms with Gasteiger partial charge in [0, 0.05) is 24.0 Å². The summed E-state index contributed by atoms with van der Waals surface area (Å²) in [5.74, 6) is -1.93. The second-order valence-corrected chi connectivity index (χ2v) is 5.85. The second kappa shape index (κ2) is 6.46. The maximum atomic E-state index is 13.2. The van der Waals surface area contributed by atoms with Crippen LogP contribution in [-0.4, -0.2) is 24.2 Å². The largest absolute Gasteiger partial charge is 0.306 e. The van der Waals surface area contributed by atoms with Crippen molar-refractivity contribution in [1.29, 1.82) is 0 Å². The molecule has 0 aliphatic carbocycles. The van der Waals surface area contributed by atoms with Gasteiger partial charge < -0.3 is 0 Å². The predicted molar refractivity (Wildman–Crippen MR) is 75.1 cm³/mol. The van der Waals surface area contributed by atoms with Gasteiger partial charge in [0.05, 0.1) is 9.82 Å². The molecule has 120 valence electrons. The Balaban J connectivity index is 2.18. The van der Waals surface area contributed by atoms with Gasteiger partial charge in [0.1, 0.15) is 0 Å². The lowest BCUT2D eigenvalue weighted by Gasteiger charge is -2.08. The van der Waals surface area contributed by atoms with Crippen LogP contribution in [0, 0.1) is 15.9 Å². The van der Waals surface area contributed by atoms with E-state index < -0.39 is 37.3 Å². The Kier molecular flexibility index (Phi) is 4.62. The van der Waals surface area contributed by atoms with Crippen LogP contribution in [0.4, 0.5) is 10.1 Å². The van der Waals surface area contributed by atoms with Crippen LogP contribution in [0.25, 0.3) is 0 Å². The molecule has 0 radical (unpaired) electrons. The number of rotatable bonds is 5. The summed E-state index contributed by atoms with van der Waals surface area (Å²) in [5, 5.41) is 10.6. The van der Waals surface area contributed by atoms with Crippen molar-refractivity contribution in [3.05, 3.63) is 64.2 Å². The number of nitro groups is 1. The second-order valence-electron chi connectivity index (χ2n) is 4.17. The molecule has 1 aromatic carbocycles. The first-order valence-electron chi connectivity index (χ1n) is 5.97. The minimum Gasteiger partial charge on any atom is -0.273 e. The fraction of sp³-hybridized carbons (Fsp3) is 0. The molecule has 0 atom stereocenters. The van der Waals surface area contributed by atoms with Gasteiger partial charge in [-0.05, 0) is 24.3 Å². The van der Waals surface area contributed by atoms with Crippen LogP contribution >= 0.6 is 0 Å². The lowest BCUT2D eigenvalue weighted by atomic mass is 10.3.